The third-order valence-corrected chi connectivity index (χ3v) is 7.46. The van der Waals surface area contributed by atoms with Crippen LogP contribution in [0.5, 0.6) is 5.75 Å². The molecule has 37 heavy (non-hydrogen) atoms. The molecular formula is C32H44N2O3. The molecule has 0 amide bonds. The van der Waals surface area contributed by atoms with Crippen molar-refractivity contribution in [2.24, 2.45) is 5.41 Å². The van der Waals surface area contributed by atoms with Crippen LogP contribution in [0.15, 0.2) is 66.2 Å². The molecule has 3 aliphatic heterocycles. The Balaban J connectivity index is 1.89. The van der Waals surface area contributed by atoms with Crippen molar-refractivity contribution >= 4 is 11.3 Å². The van der Waals surface area contributed by atoms with Crippen LogP contribution in [0.2, 0.25) is 0 Å². The molecule has 3 heterocycles. The monoisotopic (exact) mass is 504 g/mol. The maximum Gasteiger partial charge on any atom is 0.127 e. The first-order chi connectivity index (χ1) is 17.5. The molecule has 0 N–H and O–H groups in total. The molecular weight excluding hydrogens is 460 g/mol. The van der Waals surface area contributed by atoms with E-state index in [9.17, 15) is 0 Å². The molecule has 1 aromatic carbocycles. The van der Waals surface area contributed by atoms with E-state index in [2.05, 4.69) is 95.1 Å². The first kappa shape index (κ1) is 27.1. The summed E-state index contributed by atoms with van der Waals surface area (Å²) in [5, 5.41) is 2.32. The van der Waals surface area contributed by atoms with Gasteiger partial charge in [0, 0.05) is 42.4 Å². The quantitative estimate of drug-likeness (QED) is 0.504. The van der Waals surface area contributed by atoms with Gasteiger partial charge in [0.15, 0.2) is 0 Å². The number of hydrogen-bond donors (Lipinski definition) is 0. The van der Waals surface area contributed by atoms with Crippen molar-refractivity contribution in [2.75, 3.05) is 33.4 Å². The summed E-state index contributed by atoms with van der Waals surface area (Å²) in [4.78, 5) is 4.81. The lowest BCUT2D eigenvalue weighted by molar-refractivity contribution is 0.0675. The van der Waals surface area contributed by atoms with Gasteiger partial charge in [0.05, 0.1) is 30.1 Å². The minimum Gasteiger partial charge on any atom is -0.494 e. The predicted octanol–water partition coefficient (Wildman–Crippen LogP) is 5.09. The number of nitrogens with zero attached hydrogens (tertiary/aromatic N) is 2. The summed E-state index contributed by atoms with van der Waals surface area (Å²) in [5.74, 6) is 1.58. The molecule has 0 bridgehead atoms. The average molecular weight is 505 g/mol. The van der Waals surface area contributed by atoms with Crippen molar-refractivity contribution in [3.8, 4) is 5.75 Å². The van der Waals surface area contributed by atoms with Crippen molar-refractivity contribution in [3.05, 3.63) is 76.7 Å². The highest BCUT2D eigenvalue weighted by atomic mass is 16.5. The van der Waals surface area contributed by atoms with Crippen molar-refractivity contribution in [3.63, 3.8) is 0 Å². The van der Waals surface area contributed by atoms with E-state index in [0.717, 1.165) is 53.8 Å². The number of allylic oxidation sites excluding steroid dienone is 2. The van der Waals surface area contributed by atoms with Crippen LogP contribution in [0.25, 0.3) is 11.3 Å². The van der Waals surface area contributed by atoms with E-state index >= 15 is 0 Å². The number of benzene rings is 1. The molecule has 5 nitrogen and oxygen atoms in total. The van der Waals surface area contributed by atoms with Crippen molar-refractivity contribution in [1.29, 1.82) is 0 Å². The summed E-state index contributed by atoms with van der Waals surface area (Å²) in [5.41, 5.74) is 5.46. The molecule has 200 valence electrons. The van der Waals surface area contributed by atoms with Gasteiger partial charge >= 0.3 is 0 Å². The second-order valence-electron chi connectivity index (χ2n) is 11.6. The molecule has 2 saturated heterocycles. The van der Waals surface area contributed by atoms with Gasteiger partial charge in [-0.15, -0.1) is 0 Å². The van der Waals surface area contributed by atoms with E-state index < -0.39 is 0 Å². The fraction of sp³-hybridized carbons (Fsp3) is 0.500. The van der Waals surface area contributed by atoms with Gasteiger partial charge in [0.2, 0.25) is 0 Å². The fourth-order valence-corrected chi connectivity index (χ4v) is 5.55. The van der Waals surface area contributed by atoms with Gasteiger partial charge in [-0.25, -0.2) is 0 Å². The smallest absolute Gasteiger partial charge is 0.127 e. The van der Waals surface area contributed by atoms with Gasteiger partial charge in [-0.1, -0.05) is 51.6 Å². The molecule has 0 saturated carbocycles. The average Bonchev–Trinajstić information content (AvgIpc) is 3.35. The highest BCUT2D eigenvalue weighted by molar-refractivity contribution is 5.70. The van der Waals surface area contributed by atoms with E-state index in [1.165, 1.54) is 16.5 Å². The van der Waals surface area contributed by atoms with Crippen LogP contribution in [0.1, 0.15) is 54.4 Å². The zero-order chi connectivity index (χ0) is 26.9. The summed E-state index contributed by atoms with van der Waals surface area (Å²) in [6.07, 6.45) is 6.73. The van der Waals surface area contributed by atoms with Crippen molar-refractivity contribution in [2.45, 2.75) is 66.5 Å². The van der Waals surface area contributed by atoms with Crippen LogP contribution in [-0.2, 0) is 9.47 Å². The van der Waals surface area contributed by atoms with Crippen LogP contribution in [0, 0.1) is 5.41 Å². The number of likely N-dealkylation sites (N-methyl/N-ethyl adjacent to an activating group) is 1. The molecule has 1 aromatic rings. The number of fused-ring (bicyclic) bond motifs is 1. The Kier molecular flexibility index (Phi) is 7.94. The molecule has 2 fully saturated rings. The maximum atomic E-state index is 6.39. The lowest BCUT2D eigenvalue weighted by atomic mass is 9.82. The number of ether oxygens (including phenoxy) is 3. The van der Waals surface area contributed by atoms with Crippen LogP contribution < -0.4 is 15.2 Å². The van der Waals surface area contributed by atoms with Gasteiger partial charge in [0.25, 0.3) is 0 Å². The fourth-order valence-electron chi connectivity index (χ4n) is 5.55. The van der Waals surface area contributed by atoms with Crippen LogP contribution in [0.4, 0.5) is 0 Å². The third kappa shape index (κ3) is 5.52. The second kappa shape index (κ2) is 10.8. The summed E-state index contributed by atoms with van der Waals surface area (Å²) >= 11 is 0. The topological polar surface area (TPSA) is 34.2 Å². The predicted molar refractivity (Wildman–Crippen MR) is 152 cm³/mol. The van der Waals surface area contributed by atoms with Crippen molar-refractivity contribution < 1.29 is 14.2 Å². The van der Waals surface area contributed by atoms with Crippen LogP contribution in [0.3, 0.4) is 0 Å². The Bertz CT molecular complexity index is 1240. The molecule has 0 aliphatic carbocycles. The molecule has 3 aliphatic rings. The van der Waals surface area contributed by atoms with Gasteiger partial charge in [-0.3, -0.25) is 0 Å². The van der Waals surface area contributed by atoms with Gasteiger partial charge in [-0.2, -0.15) is 0 Å². The maximum absolute atomic E-state index is 6.39. The lowest BCUT2D eigenvalue weighted by Gasteiger charge is -2.50. The van der Waals surface area contributed by atoms with E-state index in [-0.39, 0.29) is 17.6 Å². The molecule has 2 unspecified atom stereocenters. The summed E-state index contributed by atoms with van der Waals surface area (Å²) < 4.78 is 18.0. The Hall–Kier alpha value is -2.92. The normalized spacial score (nSPS) is 23.4. The van der Waals surface area contributed by atoms with Gasteiger partial charge < -0.3 is 24.0 Å². The second-order valence-corrected chi connectivity index (χ2v) is 11.6. The summed E-state index contributed by atoms with van der Waals surface area (Å²) in [6, 6.07) is 6.66. The number of piperazine rings is 1. The van der Waals surface area contributed by atoms with Crippen LogP contribution >= 0.6 is 0 Å². The Morgan fingerprint density at radius 1 is 1.22 bits per heavy atom. The third-order valence-electron chi connectivity index (χ3n) is 7.46. The number of hydrogen-bond acceptors (Lipinski definition) is 5. The summed E-state index contributed by atoms with van der Waals surface area (Å²) in [6.45, 7) is 24.7. The van der Waals surface area contributed by atoms with E-state index in [4.69, 9.17) is 14.2 Å². The Morgan fingerprint density at radius 3 is 2.59 bits per heavy atom. The summed E-state index contributed by atoms with van der Waals surface area (Å²) in [7, 11) is 2.20. The molecule has 0 aromatic heterocycles. The molecule has 5 heteroatoms. The van der Waals surface area contributed by atoms with E-state index in [1.54, 1.807) is 0 Å². The SMILES string of the molecule is C=C1C=C2/C(=c3\cccc(OCC4CCCO4)c3=C(C)C)N(C)CC(C(C)(C)C)N2C=C1C(=C)OCC. The van der Waals surface area contributed by atoms with Crippen molar-refractivity contribution in [1.82, 2.24) is 9.80 Å². The Labute approximate surface area is 223 Å². The van der Waals surface area contributed by atoms with Crippen LogP contribution in [-0.4, -0.2) is 55.4 Å². The first-order valence-corrected chi connectivity index (χ1v) is 13.5. The minimum absolute atomic E-state index is 0.0496. The molecule has 4 rings (SSSR count). The molecule has 2 atom stereocenters. The molecule has 0 radical (unpaired) electrons. The first-order valence-electron chi connectivity index (χ1n) is 13.5. The molecule has 0 spiro atoms. The zero-order valence-corrected chi connectivity index (χ0v) is 23.8. The van der Waals surface area contributed by atoms with Gasteiger partial charge in [0.1, 0.15) is 18.1 Å². The Morgan fingerprint density at radius 2 is 1.97 bits per heavy atom. The van der Waals surface area contributed by atoms with E-state index in [0.29, 0.717) is 19.0 Å². The lowest BCUT2D eigenvalue weighted by Crippen LogP contribution is -2.55. The minimum atomic E-state index is 0.0496. The largest absolute Gasteiger partial charge is 0.494 e. The van der Waals surface area contributed by atoms with Gasteiger partial charge in [-0.05, 0) is 56.7 Å². The highest BCUT2D eigenvalue weighted by Gasteiger charge is 2.40. The number of rotatable bonds is 6. The van der Waals surface area contributed by atoms with E-state index in [1.807, 2.05) is 6.92 Å². The standard InChI is InChI=1S/C32H44N2O3/c1-10-35-23(5)26-18-34-27(17-22(26)4)31(33(9)19-29(34)32(6,7)8)25-14-11-15-28(30(25)21(2)3)37-20-24-13-12-16-36-24/h11,14-15,17-18,24,29H,4-5,10,12-13,16,19-20H2,1-3,6-9H3/b31-25-. The zero-order valence-electron chi connectivity index (χ0n) is 23.8. The highest BCUT2D eigenvalue weighted by Crippen LogP contribution is 2.41.